The molecule has 0 unspecified atom stereocenters. The monoisotopic (exact) mass is 320 g/mol. The molecular weight excluding hydrogens is 304 g/mol. The Hall–Kier alpha value is -1.33. The highest BCUT2D eigenvalue weighted by Gasteiger charge is 2.29. The second-order valence-corrected chi connectivity index (χ2v) is 6.77. The second kappa shape index (κ2) is 5.46. The van der Waals surface area contributed by atoms with Crippen molar-refractivity contribution in [3.05, 3.63) is 35.1 Å². The van der Waals surface area contributed by atoms with E-state index in [1.807, 2.05) is 18.2 Å². The summed E-state index contributed by atoms with van der Waals surface area (Å²) < 4.78 is 4.50. The quantitative estimate of drug-likeness (QED) is 0.867. The molecule has 110 valence electrons. The molecule has 1 aliphatic carbocycles. The zero-order valence-electron chi connectivity index (χ0n) is 11.7. The predicted octanol–water partition coefficient (Wildman–Crippen LogP) is 3.40. The van der Waals surface area contributed by atoms with E-state index in [4.69, 9.17) is 16.6 Å². The van der Waals surface area contributed by atoms with E-state index in [0.29, 0.717) is 5.92 Å². The Kier molecular flexibility index (Phi) is 3.47. The fourth-order valence-corrected chi connectivity index (χ4v) is 3.76. The minimum atomic E-state index is 0.638. The highest BCUT2D eigenvalue weighted by molar-refractivity contribution is 7.09. The van der Waals surface area contributed by atoms with Gasteiger partial charge in [-0.25, -0.2) is 4.98 Å². The standard InChI is InChI=1S/C15H17ClN4S/c16-12-3-1-2-4-13(12)19-7-9-20(10-8-19)15-17-14(18-21-15)11-5-6-11/h1-4,11H,5-10H2. The summed E-state index contributed by atoms with van der Waals surface area (Å²) in [4.78, 5) is 9.39. The molecule has 1 saturated heterocycles. The molecule has 4 nitrogen and oxygen atoms in total. The van der Waals surface area contributed by atoms with Crippen molar-refractivity contribution in [3.8, 4) is 0 Å². The van der Waals surface area contributed by atoms with Gasteiger partial charge in [-0.1, -0.05) is 23.7 Å². The van der Waals surface area contributed by atoms with Crippen LogP contribution in [0.4, 0.5) is 10.8 Å². The fourth-order valence-electron chi connectivity index (χ4n) is 2.71. The Morgan fingerprint density at radius 3 is 2.48 bits per heavy atom. The minimum absolute atomic E-state index is 0.638. The van der Waals surface area contributed by atoms with Crippen LogP contribution < -0.4 is 9.80 Å². The molecule has 2 aliphatic rings. The number of nitrogens with zero attached hydrogens (tertiary/aromatic N) is 4. The van der Waals surface area contributed by atoms with Crippen LogP contribution in [0, 0.1) is 0 Å². The Morgan fingerprint density at radius 1 is 1.05 bits per heavy atom. The molecule has 0 radical (unpaired) electrons. The summed E-state index contributed by atoms with van der Waals surface area (Å²) in [5.41, 5.74) is 1.13. The van der Waals surface area contributed by atoms with Crippen LogP contribution in [0.1, 0.15) is 24.6 Å². The van der Waals surface area contributed by atoms with E-state index in [1.54, 1.807) is 11.5 Å². The third-order valence-corrected chi connectivity index (χ3v) is 5.23. The number of rotatable bonds is 3. The van der Waals surface area contributed by atoms with Gasteiger partial charge in [0.1, 0.15) is 5.82 Å². The van der Waals surface area contributed by atoms with Crippen molar-refractivity contribution in [3.63, 3.8) is 0 Å². The number of benzene rings is 1. The first-order chi connectivity index (χ1) is 10.3. The Balaban J connectivity index is 1.43. The number of hydrogen-bond donors (Lipinski definition) is 0. The molecule has 2 aromatic rings. The van der Waals surface area contributed by atoms with Gasteiger partial charge in [0.25, 0.3) is 0 Å². The maximum absolute atomic E-state index is 6.28. The topological polar surface area (TPSA) is 32.3 Å². The van der Waals surface area contributed by atoms with Crippen molar-refractivity contribution in [1.82, 2.24) is 9.36 Å². The Bertz CT molecular complexity index is 632. The summed E-state index contributed by atoms with van der Waals surface area (Å²) in [6, 6.07) is 8.06. The van der Waals surface area contributed by atoms with Crippen LogP contribution in [0.25, 0.3) is 0 Å². The summed E-state index contributed by atoms with van der Waals surface area (Å²) in [7, 11) is 0. The van der Waals surface area contributed by atoms with Crippen molar-refractivity contribution in [2.45, 2.75) is 18.8 Å². The molecule has 1 aliphatic heterocycles. The Labute approximate surface area is 133 Å². The normalized spacial score (nSPS) is 19.1. The SMILES string of the molecule is Clc1ccccc1N1CCN(c2nc(C3CC3)ns2)CC1. The Morgan fingerprint density at radius 2 is 1.76 bits per heavy atom. The molecule has 0 spiro atoms. The van der Waals surface area contributed by atoms with Gasteiger partial charge in [-0.2, -0.15) is 4.37 Å². The van der Waals surface area contributed by atoms with E-state index in [9.17, 15) is 0 Å². The average molecular weight is 321 g/mol. The number of piperazine rings is 1. The van der Waals surface area contributed by atoms with Gasteiger partial charge in [0, 0.05) is 43.6 Å². The first kappa shape index (κ1) is 13.3. The maximum Gasteiger partial charge on any atom is 0.205 e. The number of halogens is 1. The lowest BCUT2D eigenvalue weighted by Crippen LogP contribution is -2.46. The van der Waals surface area contributed by atoms with Crippen LogP contribution in [0.5, 0.6) is 0 Å². The van der Waals surface area contributed by atoms with Gasteiger partial charge in [-0.05, 0) is 25.0 Å². The van der Waals surface area contributed by atoms with Crippen LogP contribution in [0.3, 0.4) is 0 Å². The van der Waals surface area contributed by atoms with Gasteiger partial charge in [-0.15, -0.1) is 0 Å². The molecule has 2 fully saturated rings. The zero-order chi connectivity index (χ0) is 14.2. The molecule has 0 bridgehead atoms. The predicted molar refractivity (Wildman–Crippen MR) is 87.8 cm³/mol. The van der Waals surface area contributed by atoms with Gasteiger partial charge in [0.15, 0.2) is 0 Å². The van der Waals surface area contributed by atoms with Gasteiger partial charge in [-0.3, -0.25) is 0 Å². The molecule has 0 N–H and O–H groups in total. The number of aromatic nitrogens is 2. The van der Waals surface area contributed by atoms with Gasteiger partial charge in [0.05, 0.1) is 10.7 Å². The van der Waals surface area contributed by atoms with E-state index < -0.39 is 0 Å². The molecule has 0 atom stereocenters. The molecule has 4 rings (SSSR count). The van der Waals surface area contributed by atoms with Crippen molar-refractivity contribution < 1.29 is 0 Å². The third kappa shape index (κ3) is 2.72. The molecular formula is C15H17ClN4S. The molecule has 21 heavy (non-hydrogen) atoms. The molecule has 1 aromatic heterocycles. The average Bonchev–Trinajstić information content (AvgIpc) is 3.26. The molecule has 6 heteroatoms. The lowest BCUT2D eigenvalue weighted by Gasteiger charge is -2.36. The van der Waals surface area contributed by atoms with Crippen molar-refractivity contribution in [2.75, 3.05) is 36.0 Å². The summed E-state index contributed by atoms with van der Waals surface area (Å²) in [6.45, 7) is 3.90. The van der Waals surface area contributed by atoms with Crippen molar-refractivity contribution in [1.29, 1.82) is 0 Å². The molecule has 1 aromatic carbocycles. The highest BCUT2D eigenvalue weighted by atomic mass is 35.5. The van der Waals surface area contributed by atoms with Gasteiger partial charge < -0.3 is 9.80 Å². The fraction of sp³-hybridized carbons (Fsp3) is 0.467. The van der Waals surface area contributed by atoms with E-state index >= 15 is 0 Å². The number of anilines is 2. The molecule has 2 heterocycles. The van der Waals surface area contributed by atoms with E-state index in [0.717, 1.165) is 47.8 Å². The largest absolute Gasteiger partial charge is 0.367 e. The van der Waals surface area contributed by atoms with E-state index in [-0.39, 0.29) is 0 Å². The van der Waals surface area contributed by atoms with Crippen LogP contribution in [-0.4, -0.2) is 35.5 Å². The third-order valence-electron chi connectivity index (χ3n) is 4.12. The van der Waals surface area contributed by atoms with Crippen LogP contribution in [0.2, 0.25) is 5.02 Å². The lowest BCUT2D eigenvalue weighted by atomic mass is 10.2. The lowest BCUT2D eigenvalue weighted by molar-refractivity contribution is 0.651. The van der Waals surface area contributed by atoms with Gasteiger partial charge in [0.2, 0.25) is 5.13 Å². The number of para-hydroxylation sites is 1. The van der Waals surface area contributed by atoms with Crippen molar-refractivity contribution in [2.24, 2.45) is 0 Å². The summed E-state index contributed by atoms with van der Waals surface area (Å²) in [6.07, 6.45) is 2.52. The van der Waals surface area contributed by atoms with E-state index in [1.165, 1.54) is 12.8 Å². The summed E-state index contributed by atoms with van der Waals surface area (Å²) in [5, 5.41) is 1.91. The molecule has 0 amide bonds. The first-order valence-electron chi connectivity index (χ1n) is 7.39. The van der Waals surface area contributed by atoms with Crippen molar-refractivity contribution >= 4 is 34.0 Å². The second-order valence-electron chi connectivity index (χ2n) is 5.63. The zero-order valence-corrected chi connectivity index (χ0v) is 13.3. The number of hydrogen-bond acceptors (Lipinski definition) is 5. The smallest absolute Gasteiger partial charge is 0.205 e. The maximum atomic E-state index is 6.28. The first-order valence-corrected chi connectivity index (χ1v) is 8.54. The van der Waals surface area contributed by atoms with Crippen LogP contribution in [-0.2, 0) is 0 Å². The van der Waals surface area contributed by atoms with Crippen LogP contribution >= 0.6 is 23.1 Å². The van der Waals surface area contributed by atoms with Crippen LogP contribution in [0.15, 0.2) is 24.3 Å². The minimum Gasteiger partial charge on any atom is -0.367 e. The summed E-state index contributed by atoms with van der Waals surface area (Å²) >= 11 is 7.83. The van der Waals surface area contributed by atoms with E-state index in [2.05, 4.69) is 20.2 Å². The van der Waals surface area contributed by atoms with Gasteiger partial charge >= 0.3 is 0 Å². The summed E-state index contributed by atoms with van der Waals surface area (Å²) in [5.74, 6) is 1.70. The highest BCUT2D eigenvalue weighted by Crippen LogP contribution is 2.39. The molecule has 1 saturated carbocycles.